The lowest BCUT2D eigenvalue weighted by molar-refractivity contribution is 0.467. The van der Waals surface area contributed by atoms with E-state index in [4.69, 9.17) is 11.5 Å². The summed E-state index contributed by atoms with van der Waals surface area (Å²) in [6, 6.07) is 0.128. The molecule has 5 N–H and O–H groups in total. The molecule has 1 rings (SSSR count). The second-order valence-electron chi connectivity index (χ2n) is 4.14. The SMILES string of the molecule is NCC(N)CNCCC1CCCC1. The zero-order valence-corrected chi connectivity index (χ0v) is 8.47. The Kier molecular flexibility index (Phi) is 5.35. The maximum absolute atomic E-state index is 5.68. The average molecular weight is 185 g/mol. The van der Waals surface area contributed by atoms with E-state index >= 15 is 0 Å². The molecule has 0 amide bonds. The van der Waals surface area contributed by atoms with Crippen LogP contribution in [0.5, 0.6) is 0 Å². The lowest BCUT2D eigenvalue weighted by Crippen LogP contribution is -2.40. The van der Waals surface area contributed by atoms with Gasteiger partial charge < -0.3 is 16.8 Å². The Morgan fingerprint density at radius 3 is 2.62 bits per heavy atom. The van der Waals surface area contributed by atoms with Gasteiger partial charge in [0.15, 0.2) is 0 Å². The molecule has 1 aliphatic carbocycles. The van der Waals surface area contributed by atoms with Crippen LogP contribution in [0.15, 0.2) is 0 Å². The van der Waals surface area contributed by atoms with Gasteiger partial charge in [0.2, 0.25) is 0 Å². The Labute approximate surface area is 81.2 Å². The number of nitrogens with two attached hydrogens (primary N) is 2. The molecule has 0 spiro atoms. The highest BCUT2D eigenvalue weighted by atomic mass is 14.9. The molecule has 1 atom stereocenters. The summed E-state index contributed by atoms with van der Waals surface area (Å²) in [5.74, 6) is 0.974. The van der Waals surface area contributed by atoms with Crippen LogP contribution in [-0.2, 0) is 0 Å². The van der Waals surface area contributed by atoms with E-state index in [-0.39, 0.29) is 6.04 Å². The molecule has 0 aromatic heterocycles. The molecule has 1 unspecified atom stereocenters. The van der Waals surface area contributed by atoms with Gasteiger partial charge in [-0.15, -0.1) is 0 Å². The molecule has 1 aliphatic rings. The average Bonchev–Trinajstić information content (AvgIpc) is 2.64. The van der Waals surface area contributed by atoms with Gasteiger partial charge in [0, 0.05) is 19.1 Å². The largest absolute Gasteiger partial charge is 0.329 e. The lowest BCUT2D eigenvalue weighted by atomic mass is 10.0. The van der Waals surface area contributed by atoms with E-state index in [0.717, 1.165) is 19.0 Å². The van der Waals surface area contributed by atoms with Gasteiger partial charge >= 0.3 is 0 Å². The van der Waals surface area contributed by atoms with Crippen molar-refractivity contribution in [2.24, 2.45) is 17.4 Å². The van der Waals surface area contributed by atoms with Gasteiger partial charge in [-0.1, -0.05) is 25.7 Å². The minimum absolute atomic E-state index is 0.128. The first-order chi connectivity index (χ1) is 6.33. The predicted molar refractivity (Wildman–Crippen MR) is 56.5 cm³/mol. The van der Waals surface area contributed by atoms with Gasteiger partial charge in [-0.2, -0.15) is 0 Å². The van der Waals surface area contributed by atoms with Crippen LogP contribution in [0.25, 0.3) is 0 Å². The Balaban J connectivity index is 1.88. The lowest BCUT2D eigenvalue weighted by Gasteiger charge is -2.12. The molecule has 0 aliphatic heterocycles. The number of hydrogen-bond donors (Lipinski definition) is 3. The molecule has 78 valence electrons. The fourth-order valence-corrected chi connectivity index (χ4v) is 1.98. The van der Waals surface area contributed by atoms with Crippen molar-refractivity contribution >= 4 is 0 Å². The first-order valence-corrected chi connectivity index (χ1v) is 5.49. The van der Waals surface area contributed by atoms with Gasteiger partial charge in [-0.05, 0) is 18.9 Å². The number of rotatable bonds is 6. The molecule has 1 fully saturated rings. The van der Waals surface area contributed by atoms with Crippen molar-refractivity contribution in [2.45, 2.75) is 38.1 Å². The summed E-state index contributed by atoms with van der Waals surface area (Å²) in [6.45, 7) is 2.55. The van der Waals surface area contributed by atoms with Gasteiger partial charge in [0.05, 0.1) is 0 Å². The second-order valence-corrected chi connectivity index (χ2v) is 4.14. The first-order valence-electron chi connectivity index (χ1n) is 5.49. The fourth-order valence-electron chi connectivity index (χ4n) is 1.98. The van der Waals surface area contributed by atoms with E-state index in [1.807, 2.05) is 0 Å². The van der Waals surface area contributed by atoms with Crippen molar-refractivity contribution in [3.8, 4) is 0 Å². The summed E-state index contributed by atoms with van der Waals surface area (Å²) < 4.78 is 0. The highest BCUT2D eigenvalue weighted by Gasteiger charge is 2.13. The second kappa shape index (κ2) is 6.35. The van der Waals surface area contributed by atoms with Gasteiger partial charge in [-0.25, -0.2) is 0 Å². The highest BCUT2D eigenvalue weighted by Crippen LogP contribution is 2.26. The molecule has 0 bridgehead atoms. The van der Waals surface area contributed by atoms with Crippen molar-refractivity contribution in [3.05, 3.63) is 0 Å². The molecule has 0 heterocycles. The van der Waals surface area contributed by atoms with Crippen LogP contribution >= 0.6 is 0 Å². The monoisotopic (exact) mass is 185 g/mol. The minimum atomic E-state index is 0.128. The summed E-state index contributed by atoms with van der Waals surface area (Å²) in [5, 5.41) is 3.36. The Morgan fingerprint density at radius 2 is 2.00 bits per heavy atom. The van der Waals surface area contributed by atoms with E-state index in [9.17, 15) is 0 Å². The van der Waals surface area contributed by atoms with E-state index in [0.29, 0.717) is 6.54 Å². The molecule has 3 nitrogen and oxygen atoms in total. The van der Waals surface area contributed by atoms with Gasteiger partial charge in [-0.3, -0.25) is 0 Å². The molecular weight excluding hydrogens is 162 g/mol. The molecule has 0 saturated heterocycles. The van der Waals surface area contributed by atoms with Crippen LogP contribution in [0.4, 0.5) is 0 Å². The van der Waals surface area contributed by atoms with Crippen molar-refractivity contribution in [3.63, 3.8) is 0 Å². The molecule has 0 radical (unpaired) electrons. The Hall–Kier alpha value is -0.120. The van der Waals surface area contributed by atoms with Crippen LogP contribution in [0.2, 0.25) is 0 Å². The quantitative estimate of drug-likeness (QED) is 0.526. The number of nitrogens with one attached hydrogen (secondary N) is 1. The summed E-state index contributed by atoms with van der Waals surface area (Å²) in [7, 11) is 0. The normalized spacial score (nSPS) is 20.8. The van der Waals surface area contributed by atoms with E-state index < -0.39 is 0 Å². The van der Waals surface area contributed by atoms with Crippen molar-refractivity contribution in [1.82, 2.24) is 5.32 Å². The smallest absolute Gasteiger partial charge is 0.0290 e. The van der Waals surface area contributed by atoms with Crippen LogP contribution in [-0.4, -0.2) is 25.7 Å². The highest BCUT2D eigenvalue weighted by molar-refractivity contribution is 4.70. The van der Waals surface area contributed by atoms with Gasteiger partial charge in [0.1, 0.15) is 0 Å². The van der Waals surface area contributed by atoms with Crippen LogP contribution in [0.1, 0.15) is 32.1 Å². The third-order valence-electron chi connectivity index (χ3n) is 2.91. The molecular formula is C10H23N3. The molecule has 0 aromatic carbocycles. The zero-order valence-electron chi connectivity index (χ0n) is 8.47. The minimum Gasteiger partial charge on any atom is -0.329 e. The first kappa shape index (κ1) is 11.0. The maximum atomic E-state index is 5.68. The standard InChI is InChI=1S/C10H23N3/c11-7-10(12)8-13-6-5-9-3-1-2-4-9/h9-10,13H,1-8,11-12H2. The fraction of sp³-hybridized carbons (Fsp3) is 1.00. The zero-order chi connectivity index (χ0) is 9.52. The molecule has 3 heteroatoms. The summed E-state index contributed by atoms with van der Waals surface area (Å²) in [4.78, 5) is 0. The van der Waals surface area contributed by atoms with Crippen molar-refractivity contribution in [2.75, 3.05) is 19.6 Å². The summed E-state index contributed by atoms with van der Waals surface area (Å²) >= 11 is 0. The molecule has 1 saturated carbocycles. The topological polar surface area (TPSA) is 64.1 Å². The van der Waals surface area contributed by atoms with E-state index in [1.54, 1.807) is 0 Å². The molecule has 13 heavy (non-hydrogen) atoms. The van der Waals surface area contributed by atoms with Crippen molar-refractivity contribution in [1.29, 1.82) is 0 Å². The molecule has 0 aromatic rings. The van der Waals surface area contributed by atoms with Crippen molar-refractivity contribution < 1.29 is 0 Å². The van der Waals surface area contributed by atoms with Crippen LogP contribution in [0, 0.1) is 5.92 Å². The maximum Gasteiger partial charge on any atom is 0.0290 e. The third-order valence-corrected chi connectivity index (χ3v) is 2.91. The Morgan fingerprint density at radius 1 is 1.31 bits per heavy atom. The van der Waals surface area contributed by atoms with Crippen LogP contribution < -0.4 is 16.8 Å². The number of hydrogen-bond acceptors (Lipinski definition) is 3. The van der Waals surface area contributed by atoms with Gasteiger partial charge in [0.25, 0.3) is 0 Å². The summed E-state index contributed by atoms with van der Waals surface area (Å²) in [5.41, 5.74) is 11.1. The summed E-state index contributed by atoms with van der Waals surface area (Å²) in [6.07, 6.45) is 7.06. The third kappa shape index (κ3) is 4.60. The van der Waals surface area contributed by atoms with Crippen LogP contribution in [0.3, 0.4) is 0 Å². The van der Waals surface area contributed by atoms with E-state index in [2.05, 4.69) is 5.32 Å². The predicted octanol–water partition coefficient (Wildman–Crippen LogP) is 0.442. The van der Waals surface area contributed by atoms with E-state index in [1.165, 1.54) is 32.1 Å². The Bertz CT molecular complexity index is 121.